The van der Waals surface area contributed by atoms with Gasteiger partial charge in [-0.3, -0.25) is 4.79 Å². The highest BCUT2D eigenvalue weighted by atomic mass is 16.5. The maximum Gasteiger partial charge on any atom is 0.243 e. The first kappa shape index (κ1) is 20.2. The van der Waals surface area contributed by atoms with E-state index in [1.807, 2.05) is 6.92 Å². The predicted molar refractivity (Wildman–Crippen MR) is 118 cm³/mol. The van der Waals surface area contributed by atoms with Gasteiger partial charge in [-0.1, -0.05) is 44.2 Å². The number of phenols is 1. The number of hydrazone groups is 1. The van der Waals surface area contributed by atoms with E-state index in [1.165, 1.54) is 22.7 Å². The minimum Gasteiger partial charge on any atom is -0.507 e. The molecular formula is C24H27N3O3. The Morgan fingerprint density at radius 3 is 2.87 bits per heavy atom. The molecule has 4 rings (SSSR count). The highest BCUT2D eigenvalue weighted by molar-refractivity contribution is 5.89. The molecule has 1 aliphatic heterocycles. The second-order valence-corrected chi connectivity index (χ2v) is 7.65. The molecular weight excluding hydrogens is 378 g/mol. The van der Waals surface area contributed by atoms with Gasteiger partial charge in [0, 0.05) is 16.5 Å². The van der Waals surface area contributed by atoms with E-state index in [0.29, 0.717) is 18.6 Å². The summed E-state index contributed by atoms with van der Waals surface area (Å²) in [6.45, 7) is 4.77. The largest absolute Gasteiger partial charge is 0.507 e. The first-order valence-electron chi connectivity index (χ1n) is 10.4. The van der Waals surface area contributed by atoms with Crippen LogP contribution in [0.4, 0.5) is 0 Å². The number of amides is 1. The van der Waals surface area contributed by atoms with E-state index in [0.717, 1.165) is 24.1 Å². The van der Waals surface area contributed by atoms with Crippen LogP contribution in [0.15, 0.2) is 47.6 Å². The number of nitrogens with one attached hydrogen (secondary N) is 2. The van der Waals surface area contributed by atoms with Gasteiger partial charge >= 0.3 is 0 Å². The smallest absolute Gasteiger partial charge is 0.243 e. The Labute approximate surface area is 176 Å². The molecule has 0 spiro atoms. The van der Waals surface area contributed by atoms with Crippen LogP contribution in [-0.2, 0) is 28.0 Å². The van der Waals surface area contributed by atoms with Gasteiger partial charge in [0.2, 0.25) is 5.91 Å². The zero-order valence-electron chi connectivity index (χ0n) is 17.4. The maximum absolute atomic E-state index is 12.7. The number of rotatable bonds is 6. The monoisotopic (exact) mass is 405 g/mol. The van der Waals surface area contributed by atoms with Crippen molar-refractivity contribution in [2.75, 3.05) is 6.61 Å². The van der Waals surface area contributed by atoms with Crippen LogP contribution < -0.4 is 5.43 Å². The fourth-order valence-electron chi connectivity index (χ4n) is 4.31. The van der Waals surface area contributed by atoms with Gasteiger partial charge in [0.05, 0.1) is 24.9 Å². The summed E-state index contributed by atoms with van der Waals surface area (Å²) in [5, 5.41) is 15.0. The fourth-order valence-corrected chi connectivity index (χ4v) is 4.31. The van der Waals surface area contributed by atoms with Crippen molar-refractivity contribution in [1.82, 2.24) is 10.4 Å². The second-order valence-electron chi connectivity index (χ2n) is 7.65. The summed E-state index contributed by atoms with van der Waals surface area (Å²) >= 11 is 0. The predicted octanol–water partition coefficient (Wildman–Crippen LogP) is 4.15. The fraction of sp³-hybridized carbons (Fsp3) is 0.333. The van der Waals surface area contributed by atoms with Gasteiger partial charge in [-0.05, 0) is 42.5 Å². The minimum atomic E-state index is -0.702. The highest BCUT2D eigenvalue weighted by Gasteiger charge is 2.40. The lowest BCUT2D eigenvalue weighted by Crippen LogP contribution is -2.39. The first-order chi connectivity index (χ1) is 14.6. The van der Waals surface area contributed by atoms with E-state index in [4.69, 9.17) is 4.74 Å². The van der Waals surface area contributed by atoms with Crippen molar-refractivity contribution in [2.24, 2.45) is 5.10 Å². The number of H-pyrrole nitrogens is 1. The number of hydrogen-bond acceptors (Lipinski definition) is 4. The summed E-state index contributed by atoms with van der Waals surface area (Å²) in [7, 11) is 0. The molecule has 6 heteroatoms. The van der Waals surface area contributed by atoms with E-state index >= 15 is 0 Å². The molecule has 156 valence electrons. The molecule has 0 radical (unpaired) electrons. The molecule has 1 atom stereocenters. The Bertz CT molecular complexity index is 1100. The SMILES string of the molecule is CCc1cccc2c3c([nH]c12)[C@](CC)(CC(=O)N/N=C/c1ccccc1O)OCC3. The Hall–Kier alpha value is -3.12. The van der Waals surface area contributed by atoms with Crippen molar-refractivity contribution in [1.29, 1.82) is 0 Å². The molecule has 1 aromatic heterocycles. The number of nitrogens with zero attached hydrogens (tertiary/aromatic N) is 1. The number of phenolic OH excluding ortho intramolecular Hbond substituents is 1. The summed E-state index contributed by atoms with van der Waals surface area (Å²) in [6, 6.07) is 13.2. The number of aromatic amines is 1. The van der Waals surface area contributed by atoms with E-state index in [-0.39, 0.29) is 18.1 Å². The molecule has 0 unspecified atom stereocenters. The minimum absolute atomic E-state index is 0.116. The van der Waals surface area contributed by atoms with Crippen molar-refractivity contribution in [3.05, 3.63) is 64.8 Å². The maximum atomic E-state index is 12.7. The molecule has 3 N–H and O–H groups in total. The third-order valence-corrected chi connectivity index (χ3v) is 5.94. The molecule has 3 aromatic rings. The number of hydrogen-bond donors (Lipinski definition) is 3. The Kier molecular flexibility index (Phi) is 5.59. The van der Waals surface area contributed by atoms with Crippen LogP contribution in [0, 0.1) is 0 Å². The van der Waals surface area contributed by atoms with Crippen molar-refractivity contribution in [3.63, 3.8) is 0 Å². The van der Waals surface area contributed by atoms with E-state index in [2.05, 4.69) is 40.6 Å². The standard InChI is InChI=1S/C24H27N3O3/c1-3-16-9-7-10-18-19-12-13-30-24(4-2,23(19)26-22(16)18)14-21(29)27-25-15-17-8-5-6-11-20(17)28/h5-11,15,26,28H,3-4,12-14H2,1-2H3,(H,27,29)/b25-15+/t24-/m0/s1. The number of fused-ring (bicyclic) bond motifs is 3. The lowest BCUT2D eigenvalue weighted by atomic mass is 9.86. The summed E-state index contributed by atoms with van der Waals surface area (Å²) in [5.74, 6) is -0.115. The van der Waals surface area contributed by atoms with Crippen molar-refractivity contribution in [2.45, 2.75) is 45.1 Å². The Morgan fingerprint density at radius 1 is 1.27 bits per heavy atom. The molecule has 6 nitrogen and oxygen atoms in total. The number of carbonyl (C=O) groups excluding carboxylic acids is 1. The lowest BCUT2D eigenvalue weighted by molar-refractivity contribution is -0.132. The molecule has 2 aromatic carbocycles. The average Bonchev–Trinajstić information content (AvgIpc) is 3.15. The average molecular weight is 405 g/mol. The van der Waals surface area contributed by atoms with E-state index < -0.39 is 5.60 Å². The number of aromatic hydroxyl groups is 1. The summed E-state index contributed by atoms with van der Waals surface area (Å²) in [6.07, 6.45) is 4.05. The number of benzene rings is 2. The molecule has 30 heavy (non-hydrogen) atoms. The Morgan fingerprint density at radius 2 is 2.10 bits per heavy atom. The second kappa shape index (κ2) is 8.32. The van der Waals surface area contributed by atoms with Crippen LogP contribution >= 0.6 is 0 Å². The zero-order valence-corrected chi connectivity index (χ0v) is 17.4. The number of aromatic nitrogens is 1. The van der Waals surface area contributed by atoms with Gasteiger partial charge in [-0.2, -0.15) is 5.10 Å². The van der Waals surface area contributed by atoms with Gasteiger partial charge in [-0.15, -0.1) is 0 Å². The van der Waals surface area contributed by atoms with Crippen LogP contribution in [-0.4, -0.2) is 28.8 Å². The molecule has 0 fully saturated rings. The molecule has 1 aliphatic rings. The van der Waals surface area contributed by atoms with Gasteiger partial charge < -0.3 is 14.8 Å². The number of aryl methyl sites for hydroxylation is 1. The third kappa shape index (κ3) is 3.59. The number of para-hydroxylation sites is 2. The van der Waals surface area contributed by atoms with Crippen LogP contribution in [0.2, 0.25) is 0 Å². The van der Waals surface area contributed by atoms with E-state index in [9.17, 15) is 9.90 Å². The van der Waals surface area contributed by atoms with Gasteiger partial charge in [0.25, 0.3) is 0 Å². The lowest BCUT2D eigenvalue weighted by Gasteiger charge is -2.36. The topological polar surface area (TPSA) is 86.7 Å². The van der Waals surface area contributed by atoms with Crippen LogP contribution in [0.5, 0.6) is 5.75 Å². The normalized spacial score (nSPS) is 18.6. The van der Waals surface area contributed by atoms with Gasteiger partial charge in [-0.25, -0.2) is 5.43 Å². The van der Waals surface area contributed by atoms with Crippen LogP contribution in [0.25, 0.3) is 10.9 Å². The zero-order chi connectivity index (χ0) is 21.1. The molecule has 0 aliphatic carbocycles. The van der Waals surface area contributed by atoms with Gasteiger partial charge in [0.1, 0.15) is 11.4 Å². The highest BCUT2D eigenvalue weighted by Crippen LogP contribution is 2.42. The molecule has 1 amide bonds. The number of carbonyl (C=O) groups is 1. The summed E-state index contributed by atoms with van der Waals surface area (Å²) < 4.78 is 6.21. The first-order valence-corrected chi connectivity index (χ1v) is 10.4. The van der Waals surface area contributed by atoms with Crippen molar-refractivity contribution in [3.8, 4) is 5.75 Å². The molecule has 2 heterocycles. The van der Waals surface area contributed by atoms with Crippen LogP contribution in [0.3, 0.4) is 0 Å². The summed E-state index contributed by atoms with van der Waals surface area (Å²) in [5.41, 5.74) is 7.09. The third-order valence-electron chi connectivity index (χ3n) is 5.94. The quantitative estimate of drug-likeness (QED) is 0.425. The molecule has 0 saturated heterocycles. The van der Waals surface area contributed by atoms with E-state index in [1.54, 1.807) is 24.3 Å². The van der Waals surface area contributed by atoms with Gasteiger partial charge in [0.15, 0.2) is 0 Å². The number of ether oxygens (including phenoxy) is 1. The van der Waals surface area contributed by atoms with Crippen LogP contribution in [0.1, 0.15) is 49.1 Å². The van der Waals surface area contributed by atoms with Crippen molar-refractivity contribution < 1.29 is 14.6 Å². The Balaban J connectivity index is 1.59. The molecule has 0 bridgehead atoms. The van der Waals surface area contributed by atoms with Crippen molar-refractivity contribution >= 4 is 23.0 Å². The molecule has 0 saturated carbocycles. The summed E-state index contributed by atoms with van der Waals surface area (Å²) in [4.78, 5) is 16.3.